The van der Waals surface area contributed by atoms with Crippen LogP contribution in [0.2, 0.25) is 0 Å². The van der Waals surface area contributed by atoms with Crippen LogP contribution in [0.25, 0.3) is 10.6 Å². The molecule has 0 atom stereocenters. The van der Waals surface area contributed by atoms with Gasteiger partial charge in [0.1, 0.15) is 16.6 Å². The van der Waals surface area contributed by atoms with Crippen molar-refractivity contribution in [3.05, 3.63) is 71.0 Å². The summed E-state index contributed by atoms with van der Waals surface area (Å²) >= 11 is 1.54. The lowest BCUT2D eigenvalue weighted by Crippen LogP contribution is -2.23. The quantitative estimate of drug-likeness (QED) is 0.678. The first-order valence-electron chi connectivity index (χ1n) is 8.24. The maximum Gasteiger partial charge on any atom is 0.220 e. The van der Waals surface area contributed by atoms with Crippen LogP contribution in [0.5, 0.6) is 5.75 Å². The number of methoxy groups -OCH3 is 1. The van der Waals surface area contributed by atoms with Crippen molar-refractivity contribution in [2.45, 2.75) is 19.4 Å². The second kappa shape index (κ2) is 8.58. The van der Waals surface area contributed by atoms with Crippen molar-refractivity contribution in [1.29, 1.82) is 0 Å². The van der Waals surface area contributed by atoms with Crippen LogP contribution < -0.4 is 10.1 Å². The number of hydrogen-bond donors (Lipinski definition) is 1. The molecular weight excluding hydrogens is 351 g/mol. The zero-order valence-electron chi connectivity index (χ0n) is 14.4. The van der Waals surface area contributed by atoms with E-state index in [1.165, 1.54) is 17.4 Å². The smallest absolute Gasteiger partial charge is 0.220 e. The van der Waals surface area contributed by atoms with Gasteiger partial charge >= 0.3 is 0 Å². The van der Waals surface area contributed by atoms with Gasteiger partial charge in [-0.3, -0.25) is 4.79 Å². The molecule has 6 heteroatoms. The van der Waals surface area contributed by atoms with Gasteiger partial charge < -0.3 is 10.1 Å². The van der Waals surface area contributed by atoms with Gasteiger partial charge in [0, 0.05) is 29.5 Å². The number of nitrogens with one attached hydrogen (secondary N) is 1. The molecule has 0 saturated heterocycles. The second-order valence-electron chi connectivity index (χ2n) is 5.74. The first-order valence-corrected chi connectivity index (χ1v) is 9.12. The Balaban J connectivity index is 1.53. The lowest BCUT2D eigenvalue weighted by atomic mass is 10.2. The Hall–Kier alpha value is -2.73. The van der Waals surface area contributed by atoms with Crippen molar-refractivity contribution in [2.75, 3.05) is 7.11 Å². The summed E-state index contributed by atoms with van der Waals surface area (Å²) in [5, 5.41) is 5.60. The minimum absolute atomic E-state index is 0.121. The molecule has 0 fully saturated rings. The zero-order chi connectivity index (χ0) is 18.4. The van der Waals surface area contributed by atoms with Gasteiger partial charge in [0.2, 0.25) is 5.91 Å². The SMILES string of the molecule is COc1cccc(-c2nc(CCC(=O)NCc3ccccc3F)cs2)c1. The van der Waals surface area contributed by atoms with E-state index < -0.39 is 0 Å². The Labute approximate surface area is 155 Å². The van der Waals surface area contributed by atoms with Crippen molar-refractivity contribution < 1.29 is 13.9 Å². The highest BCUT2D eigenvalue weighted by Crippen LogP contribution is 2.27. The maximum absolute atomic E-state index is 13.5. The number of benzene rings is 2. The highest BCUT2D eigenvalue weighted by molar-refractivity contribution is 7.13. The van der Waals surface area contributed by atoms with Gasteiger partial charge in [-0.15, -0.1) is 11.3 Å². The molecule has 0 saturated carbocycles. The number of thiazole rings is 1. The fourth-order valence-electron chi connectivity index (χ4n) is 2.48. The minimum atomic E-state index is -0.310. The van der Waals surface area contributed by atoms with E-state index in [0.29, 0.717) is 18.4 Å². The standard InChI is InChI=1S/C20H19FN2O2S/c1-25-17-7-4-6-14(11-17)20-23-16(13-26-20)9-10-19(24)22-12-15-5-2-3-8-18(15)21/h2-8,11,13H,9-10,12H2,1H3,(H,22,24). The van der Waals surface area contributed by atoms with Crippen LogP contribution >= 0.6 is 11.3 Å². The number of aromatic nitrogens is 1. The molecule has 0 aliphatic carbocycles. The molecule has 1 heterocycles. The van der Waals surface area contributed by atoms with Crippen LogP contribution in [0, 0.1) is 5.82 Å². The van der Waals surface area contributed by atoms with E-state index in [0.717, 1.165) is 22.0 Å². The molecule has 1 N–H and O–H groups in total. The molecule has 2 aromatic carbocycles. The summed E-state index contributed by atoms with van der Waals surface area (Å²) in [6.45, 7) is 0.192. The van der Waals surface area contributed by atoms with Crippen LogP contribution in [0.3, 0.4) is 0 Å². The Morgan fingerprint density at radius 2 is 2.08 bits per heavy atom. The van der Waals surface area contributed by atoms with Gasteiger partial charge in [-0.2, -0.15) is 0 Å². The third-order valence-electron chi connectivity index (χ3n) is 3.91. The van der Waals surface area contributed by atoms with Crippen molar-refractivity contribution in [3.8, 4) is 16.3 Å². The average Bonchev–Trinajstić information content (AvgIpc) is 3.15. The summed E-state index contributed by atoms with van der Waals surface area (Å²) in [4.78, 5) is 16.6. The van der Waals surface area contributed by atoms with Crippen molar-refractivity contribution in [2.24, 2.45) is 0 Å². The summed E-state index contributed by atoms with van der Waals surface area (Å²) in [5.74, 6) is 0.353. The summed E-state index contributed by atoms with van der Waals surface area (Å²) in [6, 6.07) is 14.1. The fraction of sp³-hybridized carbons (Fsp3) is 0.200. The van der Waals surface area contributed by atoms with E-state index in [9.17, 15) is 9.18 Å². The first-order chi connectivity index (χ1) is 12.7. The Morgan fingerprint density at radius 3 is 2.88 bits per heavy atom. The molecule has 0 aliphatic rings. The maximum atomic E-state index is 13.5. The number of ether oxygens (including phenoxy) is 1. The Bertz CT molecular complexity index is 895. The number of hydrogen-bond acceptors (Lipinski definition) is 4. The van der Waals surface area contributed by atoms with Crippen LogP contribution in [0.4, 0.5) is 4.39 Å². The monoisotopic (exact) mass is 370 g/mol. The summed E-state index contributed by atoms with van der Waals surface area (Å²) in [6.07, 6.45) is 0.860. The molecule has 0 bridgehead atoms. The van der Waals surface area contributed by atoms with Gasteiger partial charge in [-0.1, -0.05) is 30.3 Å². The number of rotatable bonds is 7. The van der Waals surface area contributed by atoms with Gasteiger partial charge in [-0.25, -0.2) is 9.37 Å². The van der Waals surface area contributed by atoms with E-state index in [1.807, 2.05) is 29.6 Å². The molecule has 26 heavy (non-hydrogen) atoms. The summed E-state index contributed by atoms with van der Waals surface area (Å²) < 4.78 is 18.8. The number of carbonyl (C=O) groups is 1. The van der Waals surface area contributed by atoms with E-state index in [2.05, 4.69) is 10.3 Å². The topological polar surface area (TPSA) is 51.2 Å². The van der Waals surface area contributed by atoms with Gasteiger partial charge in [0.15, 0.2) is 0 Å². The molecule has 0 unspecified atom stereocenters. The predicted octanol–water partition coefficient (Wildman–Crippen LogP) is 4.21. The number of nitrogens with zero attached hydrogens (tertiary/aromatic N) is 1. The normalized spacial score (nSPS) is 10.5. The highest BCUT2D eigenvalue weighted by atomic mass is 32.1. The molecule has 3 rings (SSSR count). The minimum Gasteiger partial charge on any atom is -0.497 e. The number of carbonyl (C=O) groups excluding carboxylic acids is 1. The predicted molar refractivity (Wildman–Crippen MR) is 101 cm³/mol. The van der Waals surface area contributed by atoms with Gasteiger partial charge in [-0.05, 0) is 24.6 Å². The molecule has 0 aliphatic heterocycles. The van der Waals surface area contributed by atoms with Crippen LogP contribution in [-0.4, -0.2) is 18.0 Å². The highest BCUT2D eigenvalue weighted by Gasteiger charge is 2.09. The largest absolute Gasteiger partial charge is 0.497 e. The lowest BCUT2D eigenvalue weighted by molar-refractivity contribution is -0.121. The summed E-state index contributed by atoms with van der Waals surface area (Å²) in [5.41, 5.74) is 2.34. The summed E-state index contributed by atoms with van der Waals surface area (Å²) in [7, 11) is 1.63. The van der Waals surface area contributed by atoms with Crippen LogP contribution in [-0.2, 0) is 17.8 Å². The molecule has 4 nitrogen and oxygen atoms in total. The fourth-order valence-corrected chi connectivity index (χ4v) is 3.33. The second-order valence-corrected chi connectivity index (χ2v) is 6.60. The van der Waals surface area contributed by atoms with Gasteiger partial charge in [0.05, 0.1) is 12.8 Å². The zero-order valence-corrected chi connectivity index (χ0v) is 15.2. The molecule has 0 radical (unpaired) electrons. The van der Waals surface area contributed by atoms with E-state index >= 15 is 0 Å². The van der Waals surface area contributed by atoms with E-state index in [4.69, 9.17) is 4.74 Å². The van der Waals surface area contributed by atoms with Crippen LogP contribution in [0.15, 0.2) is 53.9 Å². The average molecular weight is 370 g/mol. The third-order valence-corrected chi connectivity index (χ3v) is 4.85. The third kappa shape index (κ3) is 4.67. The number of aryl methyl sites for hydroxylation is 1. The molecule has 3 aromatic rings. The van der Waals surface area contributed by atoms with Crippen molar-refractivity contribution in [1.82, 2.24) is 10.3 Å². The number of amides is 1. The molecule has 0 spiro atoms. The number of halogens is 1. The van der Waals surface area contributed by atoms with Gasteiger partial charge in [0.25, 0.3) is 0 Å². The lowest BCUT2D eigenvalue weighted by Gasteiger charge is -2.05. The molecule has 134 valence electrons. The molecule has 1 aromatic heterocycles. The molecule has 1 amide bonds. The molecular formula is C20H19FN2O2S. The Morgan fingerprint density at radius 1 is 1.23 bits per heavy atom. The van der Waals surface area contributed by atoms with Crippen molar-refractivity contribution in [3.63, 3.8) is 0 Å². The van der Waals surface area contributed by atoms with E-state index in [1.54, 1.807) is 25.3 Å². The Kier molecular flexibility index (Phi) is 5.96. The van der Waals surface area contributed by atoms with E-state index in [-0.39, 0.29) is 18.3 Å². The van der Waals surface area contributed by atoms with Crippen LogP contribution in [0.1, 0.15) is 17.7 Å². The first kappa shape index (κ1) is 18.1. The van der Waals surface area contributed by atoms with Crippen molar-refractivity contribution >= 4 is 17.2 Å².